The van der Waals surface area contributed by atoms with Crippen LogP contribution in [0.3, 0.4) is 0 Å². The van der Waals surface area contributed by atoms with Crippen molar-refractivity contribution >= 4 is 0 Å². The number of nitrogens with one attached hydrogen (secondary N) is 1. The van der Waals surface area contributed by atoms with Crippen LogP contribution in [0.1, 0.15) is 36.8 Å². The van der Waals surface area contributed by atoms with Gasteiger partial charge < -0.3 is 10.1 Å². The summed E-state index contributed by atoms with van der Waals surface area (Å²) in [5.41, 5.74) is 3.52. The SMILES string of the molecule is CCOc1ncccc1CNC(C)c1nnn(-c2ccc(F)cc2)c1C. The van der Waals surface area contributed by atoms with Gasteiger partial charge in [-0.2, -0.15) is 0 Å². The normalized spacial score (nSPS) is 12.2. The van der Waals surface area contributed by atoms with E-state index in [2.05, 4.69) is 20.6 Å². The molecule has 6 nitrogen and oxygen atoms in total. The standard InChI is InChI=1S/C19H22FN5O/c1-4-26-19-15(6-5-11-21-19)12-22-13(2)18-14(3)25(24-23-18)17-9-7-16(20)8-10-17/h5-11,13,22H,4,12H2,1-3H3. The van der Waals surface area contributed by atoms with Gasteiger partial charge in [-0.15, -0.1) is 5.10 Å². The summed E-state index contributed by atoms with van der Waals surface area (Å²) in [6.45, 7) is 7.10. The second-order valence-corrected chi connectivity index (χ2v) is 5.95. The summed E-state index contributed by atoms with van der Waals surface area (Å²) in [5.74, 6) is 0.365. The van der Waals surface area contributed by atoms with Gasteiger partial charge in [0.2, 0.25) is 5.88 Å². The molecule has 1 atom stereocenters. The third-order valence-corrected chi connectivity index (χ3v) is 4.14. The zero-order valence-electron chi connectivity index (χ0n) is 15.1. The van der Waals surface area contributed by atoms with Gasteiger partial charge in [0.1, 0.15) is 11.5 Å². The molecule has 0 bridgehead atoms. The van der Waals surface area contributed by atoms with Crippen LogP contribution in [0.2, 0.25) is 0 Å². The Morgan fingerprint density at radius 2 is 2.00 bits per heavy atom. The summed E-state index contributed by atoms with van der Waals surface area (Å²) in [5, 5.41) is 11.9. The Hall–Kier alpha value is -2.80. The fourth-order valence-electron chi connectivity index (χ4n) is 2.75. The highest BCUT2D eigenvalue weighted by Gasteiger charge is 2.17. The first-order valence-electron chi connectivity index (χ1n) is 8.58. The molecule has 136 valence electrons. The third kappa shape index (κ3) is 3.88. The lowest BCUT2D eigenvalue weighted by atomic mass is 10.1. The first kappa shape index (κ1) is 18.0. The number of ether oxygens (including phenoxy) is 1. The van der Waals surface area contributed by atoms with Crippen LogP contribution in [0, 0.1) is 12.7 Å². The van der Waals surface area contributed by atoms with Crippen LogP contribution in [-0.4, -0.2) is 26.6 Å². The minimum absolute atomic E-state index is 0.0149. The predicted molar refractivity (Wildman–Crippen MR) is 96.7 cm³/mol. The van der Waals surface area contributed by atoms with Crippen LogP contribution in [0.25, 0.3) is 5.69 Å². The van der Waals surface area contributed by atoms with E-state index in [1.165, 1.54) is 12.1 Å². The molecule has 3 rings (SSSR count). The Balaban J connectivity index is 1.73. The molecule has 26 heavy (non-hydrogen) atoms. The fourth-order valence-corrected chi connectivity index (χ4v) is 2.75. The maximum Gasteiger partial charge on any atom is 0.217 e. The molecule has 0 aliphatic rings. The molecule has 1 unspecified atom stereocenters. The number of rotatable bonds is 7. The average molecular weight is 355 g/mol. The topological polar surface area (TPSA) is 64.9 Å². The summed E-state index contributed by atoms with van der Waals surface area (Å²) in [7, 11) is 0. The Kier molecular flexibility index (Phi) is 5.58. The maximum atomic E-state index is 13.1. The van der Waals surface area contributed by atoms with Crippen molar-refractivity contribution < 1.29 is 9.13 Å². The largest absolute Gasteiger partial charge is 0.478 e. The van der Waals surface area contributed by atoms with Crippen LogP contribution in [0.15, 0.2) is 42.6 Å². The summed E-state index contributed by atoms with van der Waals surface area (Å²) in [6.07, 6.45) is 1.72. The molecule has 0 saturated carbocycles. The van der Waals surface area contributed by atoms with Gasteiger partial charge in [-0.25, -0.2) is 14.1 Å². The molecular formula is C19H22FN5O. The molecule has 1 aromatic carbocycles. The number of nitrogens with zero attached hydrogens (tertiary/aromatic N) is 4. The van der Waals surface area contributed by atoms with Crippen LogP contribution in [0.4, 0.5) is 4.39 Å². The Morgan fingerprint density at radius 1 is 1.23 bits per heavy atom. The van der Waals surface area contributed by atoms with E-state index in [1.54, 1.807) is 23.0 Å². The van der Waals surface area contributed by atoms with E-state index in [1.807, 2.05) is 32.9 Å². The zero-order valence-corrected chi connectivity index (χ0v) is 15.1. The fraction of sp³-hybridized carbons (Fsp3) is 0.316. The molecule has 1 N–H and O–H groups in total. The van der Waals surface area contributed by atoms with E-state index in [9.17, 15) is 4.39 Å². The third-order valence-electron chi connectivity index (χ3n) is 4.14. The summed E-state index contributed by atoms with van der Waals surface area (Å²) in [6, 6.07) is 10.1. The van der Waals surface area contributed by atoms with Gasteiger partial charge in [-0.05, 0) is 51.1 Å². The summed E-state index contributed by atoms with van der Waals surface area (Å²) in [4.78, 5) is 4.26. The van der Waals surface area contributed by atoms with Crippen LogP contribution < -0.4 is 10.1 Å². The van der Waals surface area contributed by atoms with Crippen molar-refractivity contribution in [2.75, 3.05) is 6.61 Å². The van der Waals surface area contributed by atoms with Gasteiger partial charge >= 0.3 is 0 Å². The molecule has 2 heterocycles. The molecule has 7 heteroatoms. The van der Waals surface area contributed by atoms with Gasteiger partial charge in [-0.1, -0.05) is 11.3 Å². The average Bonchev–Trinajstić information content (AvgIpc) is 3.03. The number of hydrogen-bond acceptors (Lipinski definition) is 5. The summed E-state index contributed by atoms with van der Waals surface area (Å²) < 4.78 is 20.4. The molecule has 0 spiro atoms. The first-order valence-corrected chi connectivity index (χ1v) is 8.58. The number of halogens is 1. The molecule has 0 amide bonds. The van der Waals surface area contributed by atoms with Crippen molar-refractivity contribution in [3.63, 3.8) is 0 Å². The highest BCUT2D eigenvalue weighted by atomic mass is 19.1. The second-order valence-electron chi connectivity index (χ2n) is 5.95. The molecule has 0 aliphatic carbocycles. The first-order chi connectivity index (χ1) is 12.6. The molecule has 0 fully saturated rings. The van der Waals surface area contributed by atoms with E-state index in [0.29, 0.717) is 19.0 Å². The van der Waals surface area contributed by atoms with E-state index >= 15 is 0 Å². The van der Waals surface area contributed by atoms with Gasteiger partial charge in [0.05, 0.1) is 24.0 Å². The van der Waals surface area contributed by atoms with E-state index in [0.717, 1.165) is 22.6 Å². The minimum atomic E-state index is -0.275. The van der Waals surface area contributed by atoms with Crippen LogP contribution in [-0.2, 0) is 6.54 Å². The van der Waals surface area contributed by atoms with Crippen molar-refractivity contribution in [2.45, 2.75) is 33.4 Å². The molecule has 2 aromatic heterocycles. The van der Waals surface area contributed by atoms with Gasteiger partial charge in [-0.3, -0.25) is 0 Å². The van der Waals surface area contributed by atoms with Crippen LogP contribution in [0.5, 0.6) is 5.88 Å². The lowest BCUT2D eigenvalue weighted by Crippen LogP contribution is -2.20. The van der Waals surface area contributed by atoms with Gasteiger partial charge in [0.25, 0.3) is 0 Å². The lowest BCUT2D eigenvalue weighted by molar-refractivity contribution is 0.321. The number of hydrogen-bond donors (Lipinski definition) is 1. The van der Waals surface area contributed by atoms with Crippen molar-refractivity contribution in [1.29, 1.82) is 0 Å². The van der Waals surface area contributed by atoms with Crippen LogP contribution >= 0.6 is 0 Å². The molecule has 0 aliphatic heterocycles. The molecule has 0 radical (unpaired) electrons. The summed E-state index contributed by atoms with van der Waals surface area (Å²) >= 11 is 0. The number of pyridine rings is 1. The highest BCUT2D eigenvalue weighted by molar-refractivity contribution is 5.34. The van der Waals surface area contributed by atoms with E-state index in [-0.39, 0.29) is 11.9 Å². The van der Waals surface area contributed by atoms with Gasteiger partial charge in [0.15, 0.2) is 0 Å². The van der Waals surface area contributed by atoms with E-state index in [4.69, 9.17) is 4.74 Å². The lowest BCUT2D eigenvalue weighted by Gasteiger charge is -2.14. The number of aromatic nitrogens is 4. The quantitative estimate of drug-likeness (QED) is 0.704. The Bertz CT molecular complexity index is 863. The van der Waals surface area contributed by atoms with Crippen molar-refractivity contribution in [2.24, 2.45) is 0 Å². The molecule has 3 aromatic rings. The zero-order chi connectivity index (χ0) is 18.5. The van der Waals surface area contributed by atoms with E-state index < -0.39 is 0 Å². The highest BCUT2D eigenvalue weighted by Crippen LogP contribution is 2.20. The smallest absolute Gasteiger partial charge is 0.217 e. The number of benzene rings is 1. The van der Waals surface area contributed by atoms with Crippen molar-refractivity contribution in [3.05, 3.63) is 65.4 Å². The predicted octanol–water partition coefficient (Wildman–Crippen LogP) is 3.36. The van der Waals surface area contributed by atoms with Crippen molar-refractivity contribution in [3.8, 4) is 11.6 Å². The Morgan fingerprint density at radius 3 is 2.73 bits per heavy atom. The van der Waals surface area contributed by atoms with Gasteiger partial charge in [0, 0.05) is 18.3 Å². The monoisotopic (exact) mass is 355 g/mol. The maximum absolute atomic E-state index is 13.1. The molecular weight excluding hydrogens is 333 g/mol. The second kappa shape index (κ2) is 8.05. The van der Waals surface area contributed by atoms with Crippen molar-refractivity contribution in [1.82, 2.24) is 25.3 Å². The minimum Gasteiger partial charge on any atom is -0.478 e. The molecule has 0 saturated heterocycles. The Labute approximate surface area is 152 Å².